The number of nitrogens with one attached hydrogen (secondary N) is 1. The summed E-state index contributed by atoms with van der Waals surface area (Å²) in [4.78, 5) is 1.24. The van der Waals surface area contributed by atoms with Gasteiger partial charge in [0.15, 0.2) is 0 Å². The zero-order valence-electron chi connectivity index (χ0n) is 9.42. The Balaban J connectivity index is 2.71. The Morgan fingerprint density at radius 2 is 2.27 bits per heavy atom. The SMILES string of the molecule is CCCNC(c1ccc(Cl)s1)C(C)OC. The molecule has 86 valence electrons. The molecule has 0 saturated carbocycles. The van der Waals surface area contributed by atoms with E-state index in [-0.39, 0.29) is 12.1 Å². The van der Waals surface area contributed by atoms with Crippen LogP contribution in [0, 0.1) is 0 Å². The fourth-order valence-corrected chi connectivity index (χ4v) is 2.66. The van der Waals surface area contributed by atoms with E-state index in [0.717, 1.165) is 17.3 Å². The van der Waals surface area contributed by atoms with E-state index in [4.69, 9.17) is 16.3 Å². The Kier molecular flexibility index (Phi) is 5.61. The third-order valence-corrected chi connectivity index (χ3v) is 3.67. The maximum Gasteiger partial charge on any atom is 0.0931 e. The highest BCUT2D eigenvalue weighted by Gasteiger charge is 2.19. The molecular formula is C11H18ClNOS. The lowest BCUT2D eigenvalue weighted by molar-refractivity contribution is 0.0841. The second-order valence-electron chi connectivity index (χ2n) is 3.51. The van der Waals surface area contributed by atoms with Crippen molar-refractivity contribution in [2.75, 3.05) is 13.7 Å². The van der Waals surface area contributed by atoms with Gasteiger partial charge >= 0.3 is 0 Å². The molecule has 0 aliphatic rings. The Bertz CT molecular complexity index is 290. The molecule has 1 aromatic rings. The van der Waals surface area contributed by atoms with E-state index in [1.54, 1.807) is 18.4 Å². The van der Waals surface area contributed by atoms with Crippen LogP contribution in [0.5, 0.6) is 0 Å². The van der Waals surface area contributed by atoms with E-state index in [1.165, 1.54) is 4.88 Å². The van der Waals surface area contributed by atoms with Crippen molar-refractivity contribution in [3.63, 3.8) is 0 Å². The van der Waals surface area contributed by atoms with Gasteiger partial charge in [-0.3, -0.25) is 0 Å². The van der Waals surface area contributed by atoms with Crippen LogP contribution in [-0.4, -0.2) is 19.8 Å². The molecule has 2 nitrogen and oxygen atoms in total. The van der Waals surface area contributed by atoms with Crippen LogP contribution in [0.2, 0.25) is 4.34 Å². The van der Waals surface area contributed by atoms with Crippen molar-refractivity contribution in [3.05, 3.63) is 21.3 Å². The minimum atomic E-state index is 0.159. The quantitative estimate of drug-likeness (QED) is 0.831. The van der Waals surface area contributed by atoms with Gasteiger partial charge in [-0.05, 0) is 32.0 Å². The first-order chi connectivity index (χ1) is 7.19. The van der Waals surface area contributed by atoms with Gasteiger partial charge < -0.3 is 10.1 Å². The molecule has 0 spiro atoms. The van der Waals surface area contributed by atoms with Crippen molar-refractivity contribution in [3.8, 4) is 0 Å². The zero-order valence-corrected chi connectivity index (χ0v) is 11.0. The molecule has 2 atom stereocenters. The molecule has 1 N–H and O–H groups in total. The normalized spacial score (nSPS) is 15.2. The number of ether oxygens (including phenoxy) is 1. The number of hydrogen-bond donors (Lipinski definition) is 1. The summed E-state index contributed by atoms with van der Waals surface area (Å²) in [6, 6.07) is 4.24. The molecule has 0 saturated heterocycles. The van der Waals surface area contributed by atoms with Gasteiger partial charge in [0.25, 0.3) is 0 Å². The van der Waals surface area contributed by atoms with Gasteiger partial charge in [-0.15, -0.1) is 11.3 Å². The van der Waals surface area contributed by atoms with E-state index in [9.17, 15) is 0 Å². The van der Waals surface area contributed by atoms with Crippen LogP contribution < -0.4 is 5.32 Å². The number of thiophene rings is 1. The summed E-state index contributed by atoms with van der Waals surface area (Å²) in [5, 5.41) is 3.48. The topological polar surface area (TPSA) is 21.3 Å². The molecule has 1 heterocycles. The number of rotatable bonds is 6. The summed E-state index contributed by atoms with van der Waals surface area (Å²) in [5.41, 5.74) is 0. The van der Waals surface area contributed by atoms with Gasteiger partial charge in [0.05, 0.1) is 16.5 Å². The molecule has 15 heavy (non-hydrogen) atoms. The molecule has 0 aromatic carbocycles. The van der Waals surface area contributed by atoms with Crippen LogP contribution >= 0.6 is 22.9 Å². The van der Waals surface area contributed by atoms with Crippen molar-refractivity contribution in [1.82, 2.24) is 5.32 Å². The maximum atomic E-state index is 5.94. The maximum absolute atomic E-state index is 5.94. The van der Waals surface area contributed by atoms with Crippen LogP contribution in [-0.2, 0) is 4.74 Å². The average Bonchev–Trinajstić information content (AvgIpc) is 2.65. The highest BCUT2D eigenvalue weighted by atomic mass is 35.5. The van der Waals surface area contributed by atoms with Gasteiger partial charge in [-0.1, -0.05) is 18.5 Å². The largest absolute Gasteiger partial charge is 0.380 e. The average molecular weight is 248 g/mol. The molecular weight excluding hydrogens is 230 g/mol. The van der Waals surface area contributed by atoms with Crippen molar-refractivity contribution >= 4 is 22.9 Å². The summed E-state index contributed by atoms with van der Waals surface area (Å²) in [5.74, 6) is 0. The fourth-order valence-electron chi connectivity index (χ4n) is 1.43. The lowest BCUT2D eigenvalue weighted by atomic mass is 10.1. The zero-order chi connectivity index (χ0) is 11.3. The summed E-state index contributed by atoms with van der Waals surface area (Å²) in [6.07, 6.45) is 1.28. The van der Waals surface area contributed by atoms with Crippen LogP contribution in [0.1, 0.15) is 31.2 Å². The van der Waals surface area contributed by atoms with Crippen LogP contribution in [0.25, 0.3) is 0 Å². The van der Waals surface area contributed by atoms with Gasteiger partial charge in [-0.25, -0.2) is 0 Å². The predicted octanol–water partition coefficient (Wildman–Crippen LogP) is 3.48. The number of methoxy groups -OCH3 is 1. The molecule has 0 bridgehead atoms. The van der Waals surface area contributed by atoms with Crippen LogP contribution in [0.3, 0.4) is 0 Å². The van der Waals surface area contributed by atoms with Gasteiger partial charge in [0.1, 0.15) is 0 Å². The second kappa shape index (κ2) is 6.48. The first kappa shape index (κ1) is 13.0. The van der Waals surface area contributed by atoms with E-state index in [0.29, 0.717) is 0 Å². The summed E-state index contributed by atoms with van der Waals surface area (Å²) >= 11 is 7.55. The van der Waals surface area contributed by atoms with Crippen molar-refractivity contribution in [2.24, 2.45) is 0 Å². The van der Waals surface area contributed by atoms with E-state index in [1.807, 2.05) is 6.07 Å². The molecule has 0 radical (unpaired) electrons. The standard InChI is InChI=1S/C11H18ClNOS/c1-4-7-13-11(8(2)14-3)9-5-6-10(12)15-9/h5-6,8,11,13H,4,7H2,1-3H3. The van der Waals surface area contributed by atoms with Crippen LogP contribution in [0.15, 0.2) is 12.1 Å². The number of halogens is 1. The molecule has 0 aliphatic heterocycles. The lowest BCUT2D eigenvalue weighted by Gasteiger charge is -2.22. The summed E-state index contributed by atoms with van der Waals surface area (Å²) in [7, 11) is 1.74. The highest BCUT2D eigenvalue weighted by molar-refractivity contribution is 7.16. The van der Waals surface area contributed by atoms with E-state index in [2.05, 4.69) is 25.2 Å². The first-order valence-electron chi connectivity index (χ1n) is 5.20. The monoisotopic (exact) mass is 247 g/mol. The van der Waals surface area contributed by atoms with Gasteiger partial charge in [-0.2, -0.15) is 0 Å². The van der Waals surface area contributed by atoms with Crippen molar-refractivity contribution in [2.45, 2.75) is 32.4 Å². The van der Waals surface area contributed by atoms with Gasteiger partial charge in [0.2, 0.25) is 0 Å². The van der Waals surface area contributed by atoms with Crippen molar-refractivity contribution < 1.29 is 4.74 Å². The Morgan fingerprint density at radius 1 is 1.53 bits per heavy atom. The van der Waals surface area contributed by atoms with E-state index >= 15 is 0 Å². The first-order valence-corrected chi connectivity index (χ1v) is 6.40. The molecule has 2 unspecified atom stereocenters. The van der Waals surface area contributed by atoms with Gasteiger partial charge in [0, 0.05) is 12.0 Å². The minimum absolute atomic E-state index is 0.159. The molecule has 0 amide bonds. The Hall–Kier alpha value is -0.0900. The highest BCUT2D eigenvalue weighted by Crippen LogP contribution is 2.29. The molecule has 4 heteroatoms. The summed E-state index contributed by atoms with van der Waals surface area (Å²) < 4.78 is 6.20. The Morgan fingerprint density at radius 3 is 2.73 bits per heavy atom. The molecule has 1 aromatic heterocycles. The Labute approximate surface area is 101 Å². The third kappa shape index (κ3) is 3.76. The van der Waals surface area contributed by atoms with Crippen LogP contribution in [0.4, 0.5) is 0 Å². The van der Waals surface area contributed by atoms with Crippen molar-refractivity contribution in [1.29, 1.82) is 0 Å². The number of hydrogen-bond acceptors (Lipinski definition) is 3. The third-order valence-electron chi connectivity index (χ3n) is 2.36. The van der Waals surface area contributed by atoms with E-state index < -0.39 is 0 Å². The summed E-state index contributed by atoms with van der Waals surface area (Å²) in [6.45, 7) is 5.22. The minimum Gasteiger partial charge on any atom is -0.380 e. The fraction of sp³-hybridized carbons (Fsp3) is 0.636. The molecule has 0 aliphatic carbocycles. The molecule has 1 rings (SSSR count). The predicted molar refractivity (Wildman–Crippen MR) is 66.8 cm³/mol. The lowest BCUT2D eigenvalue weighted by Crippen LogP contribution is -2.31. The smallest absolute Gasteiger partial charge is 0.0931 e. The second-order valence-corrected chi connectivity index (χ2v) is 5.26. The molecule has 0 fully saturated rings.